The maximum atomic E-state index is 12.0. The smallest absolute Gasteiger partial charge is 0.189 e. The highest BCUT2D eigenvalue weighted by molar-refractivity contribution is 6.06. The Hall–Kier alpha value is -2.55. The van der Waals surface area contributed by atoms with Crippen molar-refractivity contribution < 1.29 is 13.9 Å². The number of allylic oxidation sites excluding steroid dienone is 3. The van der Waals surface area contributed by atoms with Crippen LogP contribution in [0.1, 0.15) is 16.1 Å². The largest absolute Gasteiger partial charge is 0.496 e. The summed E-state index contributed by atoms with van der Waals surface area (Å²) in [4.78, 5) is 12.0. The second kappa shape index (κ2) is 6.40. The van der Waals surface area contributed by atoms with Gasteiger partial charge in [-0.15, -0.1) is 0 Å². The Labute approximate surface area is 111 Å². The Morgan fingerprint density at radius 1 is 1.16 bits per heavy atom. The van der Waals surface area contributed by atoms with E-state index in [1.165, 1.54) is 6.08 Å². The molecule has 1 aromatic heterocycles. The number of para-hydroxylation sites is 1. The number of hydrogen-bond acceptors (Lipinski definition) is 3. The zero-order valence-electron chi connectivity index (χ0n) is 10.6. The van der Waals surface area contributed by atoms with Gasteiger partial charge in [-0.25, -0.2) is 0 Å². The highest BCUT2D eigenvalue weighted by atomic mass is 16.5. The van der Waals surface area contributed by atoms with Gasteiger partial charge >= 0.3 is 0 Å². The molecule has 0 N–H and O–H groups in total. The van der Waals surface area contributed by atoms with Gasteiger partial charge in [-0.05, 0) is 36.4 Å². The molecule has 0 radical (unpaired) electrons. The summed E-state index contributed by atoms with van der Waals surface area (Å²) in [5, 5.41) is 0. The number of carbonyl (C=O) groups is 1. The number of ether oxygens (including phenoxy) is 1. The SMILES string of the molecule is COc1ccccc1C(=O)/C=C/C=C/c1ccco1. The maximum Gasteiger partial charge on any atom is 0.189 e. The first-order valence-corrected chi connectivity index (χ1v) is 5.87. The lowest BCUT2D eigenvalue weighted by atomic mass is 10.1. The molecule has 0 saturated heterocycles. The lowest BCUT2D eigenvalue weighted by molar-refractivity contribution is 0.104. The van der Waals surface area contributed by atoms with Crippen LogP contribution in [-0.4, -0.2) is 12.9 Å². The average Bonchev–Trinajstić information content (AvgIpc) is 2.96. The van der Waals surface area contributed by atoms with Crippen molar-refractivity contribution in [3.63, 3.8) is 0 Å². The second-order valence-electron chi connectivity index (χ2n) is 3.80. The molecule has 0 fully saturated rings. The minimum atomic E-state index is -0.0958. The van der Waals surface area contributed by atoms with E-state index in [1.807, 2.05) is 24.3 Å². The van der Waals surface area contributed by atoms with E-state index in [1.54, 1.807) is 43.7 Å². The Balaban J connectivity index is 2.04. The predicted molar refractivity (Wildman–Crippen MR) is 74.2 cm³/mol. The van der Waals surface area contributed by atoms with E-state index in [-0.39, 0.29) is 5.78 Å². The van der Waals surface area contributed by atoms with Gasteiger partial charge < -0.3 is 9.15 Å². The summed E-state index contributed by atoms with van der Waals surface area (Å²) in [6.07, 6.45) is 8.32. The quantitative estimate of drug-likeness (QED) is 0.463. The molecule has 3 heteroatoms. The van der Waals surface area contributed by atoms with E-state index in [0.717, 1.165) is 5.76 Å². The molecule has 96 valence electrons. The fraction of sp³-hybridized carbons (Fsp3) is 0.0625. The first kappa shape index (κ1) is 12.9. The third-order valence-corrected chi connectivity index (χ3v) is 2.53. The fourth-order valence-corrected chi connectivity index (χ4v) is 1.62. The monoisotopic (exact) mass is 254 g/mol. The van der Waals surface area contributed by atoms with Crippen molar-refractivity contribution in [2.45, 2.75) is 0 Å². The minimum absolute atomic E-state index is 0.0958. The van der Waals surface area contributed by atoms with Crippen molar-refractivity contribution >= 4 is 11.9 Å². The van der Waals surface area contributed by atoms with Gasteiger partial charge in [0, 0.05) is 0 Å². The molecule has 0 amide bonds. The zero-order chi connectivity index (χ0) is 13.5. The molecule has 0 unspecified atom stereocenters. The molecule has 0 spiro atoms. The number of ketones is 1. The van der Waals surface area contributed by atoms with E-state index >= 15 is 0 Å². The molecule has 2 rings (SSSR count). The standard InChI is InChI=1S/C16H14O3/c1-18-16-11-5-3-9-14(16)15(17)10-4-2-7-13-8-6-12-19-13/h2-12H,1H3/b7-2+,10-4+. The van der Waals surface area contributed by atoms with Crippen molar-refractivity contribution in [3.8, 4) is 5.75 Å². The van der Waals surface area contributed by atoms with Crippen molar-refractivity contribution in [1.82, 2.24) is 0 Å². The Bertz CT molecular complexity index is 592. The van der Waals surface area contributed by atoms with Crippen molar-refractivity contribution in [3.05, 3.63) is 72.2 Å². The summed E-state index contributed by atoms with van der Waals surface area (Å²) in [7, 11) is 1.55. The van der Waals surface area contributed by atoms with Gasteiger partial charge in [0.2, 0.25) is 0 Å². The lowest BCUT2D eigenvalue weighted by Gasteiger charge is -2.03. The van der Waals surface area contributed by atoms with E-state index in [4.69, 9.17) is 9.15 Å². The van der Waals surface area contributed by atoms with Crippen LogP contribution in [0.3, 0.4) is 0 Å². The molecule has 1 aromatic carbocycles. The van der Waals surface area contributed by atoms with Crippen molar-refractivity contribution in [1.29, 1.82) is 0 Å². The molecule has 19 heavy (non-hydrogen) atoms. The number of benzene rings is 1. The van der Waals surface area contributed by atoms with Crippen LogP contribution in [0.4, 0.5) is 0 Å². The average molecular weight is 254 g/mol. The van der Waals surface area contributed by atoms with Gasteiger partial charge in [0.25, 0.3) is 0 Å². The molecule has 0 aliphatic carbocycles. The van der Waals surface area contributed by atoms with Gasteiger partial charge in [-0.3, -0.25) is 4.79 Å². The van der Waals surface area contributed by atoms with Gasteiger partial charge in [0.15, 0.2) is 5.78 Å². The lowest BCUT2D eigenvalue weighted by Crippen LogP contribution is -1.98. The van der Waals surface area contributed by atoms with Crippen LogP contribution in [-0.2, 0) is 0 Å². The van der Waals surface area contributed by atoms with Crippen LogP contribution in [0.2, 0.25) is 0 Å². The Kier molecular flexibility index (Phi) is 4.34. The Morgan fingerprint density at radius 3 is 2.74 bits per heavy atom. The molecule has 0 saturated carbocycles. The topological polar surface area (TPSA) is 39.4 Å². The summed E-state index contributed by atoms with van der Waals surface area (Å²) in [5.74, 6) is 1.23. The van der Waals surface area contributed by atoms with Gasteiger partial charge in [-0.2, -0.15) is 0 Å². The van der Waals surface area contributed by atoms with Gasteiger partial charge in [0.1, 0.15) is 11.5 Å². The third kappa shape index (κ3) is 3.45. The van der Waals surface area contributed by atoms with Crippen LogP contribution in [0, 0.1) is 0 Å². The fourth-order valence-electron chi connectivity index (χ4n) is 1.62. The van der Waals surface area contributed by atoms with Crippen molar-refractivity contribution in [2.24, 2.45) is 0 Å². The van der Waals surface area contributed by atoms with Crippen LogP contribution in [0.25, 0.3) is 6.08 Å². The van der Waals surface area contributed by atoms with E-state index in [0.29, 0.717) is 11.3 Å². The summed E-state index contributed by atoms with van der Waals surface area (Å²) >= 11 is 0. The molecular weight excluding hydrogens is 240 g/mol. The maximum absolute atomic E-state index is 12.0. The molecule has 0 aliphatic heterocycles. The summed E-state index contributed by atoms with van der Waals surface area (Å²) in [6.45, 7) is 0. The van der Waals surface area contributed by atoms with E-state index in [9.17, 15) is 4.79 Å². The minimum Gasteiger partial charge on any atom is -0.496 e. The highest BCUT2D eigenvalue weighted by Crippen LogP contribution is 2.18. The predicted octanol–water partition coefficient (Wildman–Crippen LogP) is 3.74. The van der Waals surface area contributed by atoms with Crippen LogP contribution >= 0.6 is 0 Å². The summed E-state index contributed by atoms with van der Waals surface area (Å²) < 4.78 is 10.3. The van der Waals surface area contributed by atoms with E-state index in [2.05, 4.69) is 0 Å². The van der Waals surface area contributed by atoms with Gasteiger partial charge in [-0.1, -0.05) is 24.3 Å². The zero-order valence-corrected chi connectivity index (χ0v) is 10.6. The number of methoxy groups -OCH3 is 1. The van der Waals surface area contributed by atoms with Crippen LogP contribution in [0.15, 0.2) is 65.3 Å². The normalized spacial score (nSPS) is 11.2. The number of carbonyl (C=O) groups excluding carboxylic acids is 1. The van der Waals surface area contributed by atoms with Crippen LogP contribution in [0.5, 0.6) is 5.75 Å². The molecule has 3 nitrogen and oxygen atoms in total. The first-order valence-electron chi connectivity index (χ1n) is 5.87. The number of furan rings is 1. The molecular formula is C16H14O3. The van der Waals surface area contributed by atoms with E-state index < -0.39 is 0 Å². The van der Waals surface area contributed by atoms with Gasteiger partial charge in [0.05, 0.1) is 18.9 Å². The first-order chi connectivity index (χ1) is 9.31. The number of rotatable bonds is 5. The Morgan fingerprint density at radius 2 is 2.00 bits per heavy atom. The summed E-state index contributed by atoms with van der Waals surface area (Å²) in [5.41, 5.74) is 0.549. The molecule has 0 aliphatic rings. The molecule has 1 heterocycles. The molecule has 0 bridgehead atoms. The molecule has 2 aromatic rings. The summed E-state index contributed by atoms with van der Waals surface area (Å²) in [6, 6.07) is 10.8. The second-order valence-corrected chi connectivity index (χ2v) is 3.80. The van der Waals surface area contributed by atoms with Crippen LogP contribution < -0.4 is 4.74 Å². The highest BCUT2D eigenvalue weighted by Gasteiger charge is 2.07. The number of hydrogen-bond donors (Lipinski definition) is 0. The third-order valence-electron chi connectivity index (χ3n) is 2.53. The molecule has 0 atom stereocenters. The van der Waals surface area contributed by atoms with Crippen molar-refractivity contribution in [2.75, 3.05) is 7.11 Å².